The number of carbonyl (C=O) groups is 3. The van der Waals surface area contributed by atoms with Gasteiger partial charge in [-0.2, -0.15) is 0 Å². The first-order valence-corrected chi connectivity index (χ1v) is 8.05. The van der Waals surface area contributed by atoms with Gasteiger partial charge in [-0.15, -0.1) is 0 Å². The average molecular weight is 352 g/mol. The van der Waals surface area contributed by atoms with Crippen molar-refractivity contribution in [1.29, 1.82) is 0 Å². The largest absolute Gasteiger partial charge is 0.481 e. The molecular formula is C20H20N2O4. The summed E-state index contributed by atoms with van der Waals surface area (Å²) in [6.07, 6.45) is 1.45. The molecule has 0 aliphatic rings. The van der Waals surface area contributed by atoms with Crippen LogP contribution in [0.1, 0.15) is 28.8 Å². The number of hydrogen-bond acceptors (Lipinski definition) is 3. The van der Waals surface area contributed by atoms with Crippen LogP contribution in [0.5, 0.6) is 0 Å². The Morgan fingerprint density at radius 3 is 2.04 bits per heavy atom. The van der Waals surface area contributed by atoms with Gasteiger partial charge in [0.25, 0.3) is 5.91 Å². The van der Waals surface area contributed by atoms with E-state index in [0.29, 0.717) is 5.56 Å². The summed E-state index contributed by atoms with van der Waals surface area (Å²) in [6.45, 7) is 3.71. The zero-order chi connectivity index (χ0) is 19.1. The van der Waals surface area contributed by atoms with Crippen LogP contribution in [0.15, 0.2) is 55.1 Å². The van der Waals surface area contributed by atoms with Gasteiger partial charge in [-0.25, -0.2) is 0 Å². The van der Waals surface area contributed by atoms with Crippen molar-refractivity contribution in [3.05, 3.63) is 66.2 Å². The minimum atomic E-state index is -1.06. The number of benzene rings is 2. The number of amides is 2. The highest BCUT2D eigenvalue weighted by atomic mass is 16.4. The molecule has 2 amide bonds. The van der Waals surface area contributed by atoms with Crippen LogP contribution < -0.4 is 11.1 Å². The van der Waals surface area contributed by atoms with Gasteiger partial charge >= 0.3 is 5.97 Å². The van der Waals surface area contributed by atoms with Gasteiger partial charge in [0, 0.05) is 12.0 Å². The van der Waals surface area contributed by atoms with Crippen molar-refractivity contribution in [2.45, 2.75) is 18.9 Å². The lowest BCUT2D eigenvalue weighted by molar-refractivity contribution is -0.137. The predicted molar refractivity (Wildman–Crippen MR) is 99.3 cm³/mol. The molecule has 4 N–H and O–H groups in total. The van der Waals surface area contributed by atoms with Gasteiger partial charge in [0.2, 0.25) is 5.91 Å². The molecule has 0 aromatic heterocycles. The number of carbonyl (C=O) groups excluding carboxylic acids is 2. The Morgan fingerprint density at radius 1 is 1.04 bits per heavy atom. The Balaban J connectivity index is 2.08. The van der Waals surface area contributed by atoms with Crippen LogP contribution in [0.25, 0.3) is 17.2 Å². The molecule has 6 heteroatoms. The maximum atomic E-state index is 12.3. The van der Waals surface area contributed by atoms with Gasteiger partial charge in [0.1, 0.15) is 6.04 Å². The number of rotatable bonds is 8. The summed E-state index contributed by atoms with van der Waals surface area (Å²) in [5.41, 5.74) is 8.53. The first kappa shape index (κ1) is 18.9. The number of nitrogens with two attached hydrogens (primary N) is 1. The summed E-state index contributed by atoms with van der Waals surface area (Å²) in [6, 6.07) is 13.7. The zero-order valence-electron chi connectivity index (χ0n) is 14.1. The van der Waals surface area contributed by atoms with Gasteiger partial charge in [0.05, 0.1) is 0 Å². The average Bonchev–Trinajstić information content (AvgIpc) is 2.64. The normalized spacial score (nSPS) is 11.4. The number of hydrogen-bond donors (Lipinski definition) is 3. The molecule has 2 rings (SSSR count). The molecule has 1 atom stereocenters. The molecule has 0 radical (unpaired) electrons. The maximum Gasteiger partial charge on any atom is 0.303 e. The molecule has 26 heavy (non-hydrogen) atoms. The standard InChI is InChI=1S/C20H20N2O4/c1-2-13-3-5-14(6-4-13)15-7-9-16(10-8-15)20(26)22-17(19(21)25)11-12-18(23)24/h2-10,17H,1,11-12H2,(H2,21,25)(H,22,26)(H,23,24)/t17-/m0/s1. The third kappa shape index (κ3) is 5.04. The number of carboxylic acid groups (broad SMARTS) is 1. The number of carboxylic acids is 1. The molecule has 0 bridgehead atoms. The van der Waals surface area contributed by atoms with Gasteiger partial charge < -0.3 is 16.2 Å². The van der Waals surface area contributed by atoms with Gasteiger partial charge in [-0.05, 0) is 35.2 Å². The van der Waals surface area contributed by atoms with E-state index >= 15 is 0 Å². The van der Waals surface area contributed by atoms with E-state index in [-0.39, 0.29) is 12.8 Å². The van der Waals surface area contributed by atoms with Crippen LogP contribution in [0.4, 0.5) is 0 Å². The van der Waals surface area contributed by atoms with Crippen molar-refractivity contribution in [2.75, 3.05) is 0 Å². The molecule has 0 heterocycles. The SMILES string of the molecule is C=Cc1ccc(-c2ccc(C(=O)N[C@@H](CCC(=O)O)C(N)=O)cc2)cc1. The fourth-order valence-corrected chi connectivity index (χ4v) is 2.42. The first-order chi connectivity index (χ1) is 12.4. The fraction of sp³-hybridized carbons (Fsp3) is 0.150. The van der Waals surface area contributed by atoms with Crippen molar-refractivity contribution in [1.82, 2.24) is 5.32 Å². The van der Waals surface area contributed by atoms with Gasteiger partial charge in [-0.3, -0.25) is 14.4 Å². The van der Waals surface area contributed by atoms with Crippen molar-refractivity contribution < 1.29 is 19.5 Å². The van der Waals surface area contributed by atoms with Gasteiger partial charge in [-0.1, -0.05) is 49.1 Å². The molecule has 2 aromatic carbocycles. The van der Waals surface area contributed by atoms with Crippen molar-refractivity contribution >= 4 is 23.9 Å². The summed E-state index contributed by atoms with van der Waals surface area (Å²) in [5, 5.41) is 11.2. The highest BCUT2D eigenvalue weighted by Gasteiger charge is 2.20. The molecule has 134 valence electrons. The molecule has 0 fully saturated rings. The van der Waals surface area contributed by atoms with E-state index in [0.717, 1.165) is 16.7 Å². The monoisotopic (exact) mass is 352 g/mol. The molecular weight excluding hydrogens is 332 g/mol. The van der Waals surface area contributed by atoms with Crippen LogP contribution in [0, 0.1) is 0 Å². The summed E-state index contributed by atoms with van der Waals surface area (Å²) < 4.78 is 0. The van der Waals surface area contributed by atoms with E-state index in [1.54, 1.807) is 30.3 Å². The van der Waals surface area contributed by atoms with Gasteiger partial charge in [0.15, 0.2) is 0 Å². The van der Waals surface area contributed by atoms with Crippen molar-refractivity contribution in [3.8, 4) is 11.1 Å². The fourth-order valence-electron chi connectivity index (χ4n) is 2.42. The molecule has 6 nitrogen and oxygen atoms in total. The molecule has 0 aliphatic heterocycles. The van der Waals surface area contributed by atoms with E-state index < -0.39 is 23.8 Å². The first-order valence-electron chi connectivity index (χ1n) is 8.05. The van der Waals surface area contributed by atoms with Crippen LogP contribution in [0.3, 0.4) is 0 Å². The minimum absolute atomic E-state index is 0.0514. The highest BCUT2D eigenvalue weighted by molar-refractivity contribution is 5.97. The summed E-state index contributed by atoms with van der Waals surface area (Å²) in [7, 11) is 0. The van der Waals surface area contributed by atoms with Crippen molar-refractivity contribution in [3.63, 3.8) is 0 Å². The Kier molecular flexibility index (Phi) is 6.27. The number of primary amides is 1. The Labute approximate surface area is 151 Å². The van der Waals surface area contributed by atoms with E-state index in [9.17, 15) is 14.4 Å². The molecule has 0 unspecified atom stereocenters. The molecule has 0 saturated heterocycles. The number of nitrogens with one attached hydrogen (secondary N) is 1. The summed E-state index contributed by atoms with van der Waals surface area (Å²) in [5.74, 6) is -2.30. The molecule has 2 aromatic rings. The lowest BCUT2D eigenvalue weighted by Crippen LogP contribution is -2.44. The topological polar surface area (TPSA) is 109 Å². The zero-order valence-corrected chi connectivity index (χ0v) is 14.1. The van der Waals surface area contributed by atoms with Crippen LogP contribution >= 0.6 is 0 Å². The smallest absolute Gasteiger partial charge is 0.303 e. The second-order valence-electron chi connectivity index (χ2n) is 5.76. The van der Waals surface area contributed by atoms with E-state index in [1.807, 2.05) is 24.3 Å². The predicted octanol–water partition coefficient (Wildman–Crippen LogP) is 2.45. The summed E-state index contributed by atoms with van der Waals surface area (Å²) in [4.78, 5) is 34.3. The van der Waals surface area contributed by atoms with E-state index in [4.69, 9.17) is 10.8 Å². The maximum absolute atomic E-state index is 12.3. The van der Waals surface area contributed by atoms with Crippen LogP contribution in [-0.2, 0) is 9.59 Å². The van der Waals surface area contributed by atoms with E-state index in [1.165, 1.54) is 0 Å². The lowest BCUT2D eigenvalue weighted by atomic mass is 10.0. The second kappa shape index (κ2) is 8.62. The summed E-state index contributed by atoms with van der Waals surface area (Å²) >= 11 is 0. The minimum Gasteiger partial charge on any atom is -0.481 e. The molecule has 0 saturated carbocycles. The second-order valence-corrected chi connectivity index (χ2v) is 5.76. The number of aliphatic carboxylic acids is 1. The quantitative estimate of drug-likeness (QED) is 0.678. The lowest BCUT2D eigenvalue weighted by Gasteiger charge is -2.14. The van der Waals surface area contributed by atoms with Crippen LogP contribution in [0.2, 0.25) is 0 Å². The molecule has 0 spiro atoms. The Bertz CT molecular complexity index is 811. The Morgan fingerprint density at radius 2 is 1.58 bits per heavy atom. The third-order valence-electron chi connectivity index (χ3n) is 3.92. The highest BCUT2D eigenvalue weighted by Crippen LogP contribution is 2.20. The van der Waals surface area contributed by atoms with Crippen molar-refractivity contribution in [2.24, 2.45) is 5.73 Å². The Hall–Kier alpha value is -3.41. The molecule has 0 aliphatic carbocycles. The third-order valence-corrected chi connectivity index (χ3v) is 3.92. The van der Waals surface area contributed by atoms with Crippen LogP contribution in [-0.4, -0.2) is 28.9 Å². The van der Waals surface area contributed by atoms with E-state index in [2.05, 4.69) is 11.9 Å².